The van der Waals surface area contributed by atoms with Gasteiger partial charge in [0.05, 0.1) is 16.8 Å². The molecule has 5 rings (SSSR count). The predicted molar refractivity (Wildman–Crippen MR) is 144 cm³/mol. The summed E-state index contributed by atoms with van der Waals surface area (Å²) in [5.74, 6) is -1.51. The summed E-state index contributed by atoms with van der Waals surface area (Å²) in [4.78, 5) is 51.6. The summed E-state index contributed by atoms with van der Waals surface area (Å²) < 4.78 is 13.7. The fourth-order valence-electron chi connectivity index (χ4n) is 5.27. The van der Waals surface area contributed by atoms with Gasteiger partial charge in [0.15, 0.2) is 5.01 Å². The molecule has 1 aliphatic carbocycles. The van der Waals surface area contributed by atoms with Gasteiger partial charge in [0.2, 0.25) is 5.91 Å². The number of likely N-dealkylation sites (N-methyl/N-ethyl adjacent to an activating group) is 1. The number of rotatable bonds is 5. The van der Waals surface area contributed by atoms with E-state index < -0.39 is 23.8 Å². The molecule has 2 aromatic heterocycles. The zero-order valence-electron chi connectivity index (χ0n) is 21.4. The van der Waals surface area contributed by atoms with Crippen LogP contribution in [0, 0.1) is 11.7 Å². The van der Waals surface area contributed by atoms with Gasteiger partial charge in [0.1, 0.15) is 11.5 Å². The van der Waals surface area contributed by atoms with Gasteiger partial charge in [0.25, 0.3) is 11.8 Å². The van der Waals surface area contributed by atoms with E-state index in [4.69, 9.17) is 11.6 Å². The summed E-state index contributed by atoms with van der Waals surface area (Å²) in [5.41, 5.74) is 1.63. The van der Waals surface area contributed by atoms with Crippen molar-refractivity contribution in [3.05, 3.63) is 50.3 Å². The van der Waals surface area contributed by atoms with E-state index in [1.54, 1.807) is 19.0 Å². The number of carbonyl (C=O) groups excluding carboxylic acids is 3. The Hall–Kier alpha value is -3.02. The summed E-state index contributed by atoms with van der Waals surface area (Å²) in [7, 11) is 5.46. The maximum absolute atomic E-state index is 13.7. The molecule has 3 aromatic rings. The molecule has 1 aliphatic heterocycles. The summed E-state index contributed by atoms with van der Waals surface area (Å²) in [5, 5.41) is 6.98. The first-order valence-corrected chi connectivity index (χ1v) is 13.8. The smallest absolute Gasteiger partial charge is 0.280 e. The molecule has 0 unspecified atom stereocenters. The third-order valence-electron chi connectivity index (χ3n) is 7.31. The van der Waals surface area contributed by atoms with Crippen molar-refractivity contribution in [1.82, 2.24) is 30.4 Å². The van der Waals surface area contributed by atoms with E-state index in [0.29, 0.717) is 35.2 Å². The van der Waals surface area contributed by atoms with Crippen molar-refractivity contribution in [3.63, 3.8) is 0 Å². The Labute approximate surface area is 228 Å². The first kappa shape index (κ1) is 26.6. The van der Waals surface area contributed by atoms with Gasteiger partial charge in [-0.2, -0.15) is 0 Å². The molecule has 0 spiro atoms. The van der Waals surface area contributed by atoms with Gasteiger partial charge in [0, 0.05) is 61.3 Å². The molecule has 3 amide bonds. The number of halogens is 2. The zero-order chi connectivity index (χ0) is 27.1. The molecule has 0 saturated heterocycles. The van der Waals surface area contributed by atoms with Crippen molar-refractivity contribution in [2.45, 2.75) is 44.3 Å². The average molecular weight is 561 g/mol. The summed E-state index contributed by atoms with van der Waals surface area (Å²) in [6.07, 6.45) is 2.24. The number of thiazole rings is 1. The van der Waals surface area contributed by atoms with Crippen LogP contribution < -0.4 is 10.6 Å². The molecule has 202 valence electrons. The molecule has 3 N–H and O–H groups in total. The lowest BCUT2D eigenvalue weighted by atomic mass is 9.81. The lowest BCUT2D eigenvalue weighted by Gasteiger charge is -2.37. The van der Waals surface area contributed by atoms with E-state index in [1.807, 2.05) is 7.05 Å². The fraction of sp³-hybridized carbons (Fsp3) is 0.462. The molecule has 3 heterocycles. The topological polar surface area (TPSA) is 110 Å². The van der Waals surface area contributed by atoms with Gasteiger partial charge in [-0.05, 0) is 44.5 Å². The Balaban J connectivity index is 1.36. The molecule has 1 saturated carbocycles. The van der Waals surface area contributed by atoms with Crippen molar-refractivity contribution in [1.29, 1.82) is 0 Å². The largest absolute Gasteiger partial charge is 0.349 e. The Morgan fingerprint density at radius 2 is 1.95 bits per heavy atom. The third-order valence-corrected chi connectivity index (χ3v) is 8.79. The van der Waals surface area contributed by atoms with E-state index in [1.165, 1.54) is 29.5 Å². The fourth-order valence-corrected chi connectivity index (χ4v) is 6.65. The highest BCUT2D eigenvalue weighted by molar-refractivity contribution is 7.13. The quantitative estimate of drug-likeness (QED) is 0.444. The molecule has 0 bridgehead atoms. The number of aromatic nitrogens is 2. The minimum absolute atomic E-state index is 0.0116. The van der Waals surface area contributed by atoms with Gasteiger partial charge in [-0.15, -0.1) is 11.3 Å². The number of amides is 3. The Kier molecular flexibility index (Phi) is 7.43. The van der Waals surface area contributed by atoms with Gasteiger partial charge in [-0.3, -0.25) is 14.4 Å². The van der Waals surface area contributed by atoms with Gasteiger partial charge < -0.3 is 25.4 Å². The summed E-state index contributed by atoms with van der Waals surface area (Å²) in [6.45, 7) is 1.66. The number of benzene rings is 1. The number of hydrogen-bond donors (Lipinski definition) is 3. The van der Waals surface area contributed by atoms with Crippen LogP contribution in [-0.4, -0.2) is 77.3 Å². The van der Waals surface area contributed by atoms with Crippen LogP contribution in [0.4, 0.5) is 4.39 Å². The molecular formula is C26H30ClFN6O3S. The summed E-state index contributed by atoms with van der Waals surface area (Å²) in [6, 6.07) is 3.17. The maximum atomic E-state index is 13.7. The van der Waals surface area contributed by atoms with Crippen LogP contribution in [0.25, 0.3) is 10.9 Å². The Morgan fingerprint density at radius 1 is 1.18 bits per heavy atom. The number of nitrogens with one attached hydrogen (secondary N) is 3. The number of carbonyl (C=O) groups is 3. The van der Waals surface area contributed by atoms with Gasteiger partial charge >= 0.3 is 0 Å². The molecule has 2 aliphatic rings. The van der Waals surface area contributed by atoms with Crippen molar-refractivity contribution < 1.29 is 18.8 Å². The van der Waals surface area contributed by atoms with E-state index >= 15 is 0 Å². The number of H-pyrrole nitrogens is 1. The van der Waals surface area contributed by atoms with Gasteiger partial charge in [-0.1, -0.05) is 11.6 Å². The van der Waals surface area contributed by atoms with E-state index in [-0.39, 0.29) is 28.4 Å². The van der Waals surface area contributed by atoms with Crippen molar-refractivity contribution in [2.75, 3.05) is 27.7 Å². The van der Waals surface area contributed by atoms with Crippen LogP contribution >= 0.6 is 22.9 Å². The maximum Gasteiger partial charge on any atom is 0.280 e. The highest BCUT2D eigenvalue weighted by Gasteiger charge is 2.37. The molecule has 1 aromatic carbocycles. The van der Waals surface area contributed by atoms with Crippen LogP contribution in [-0.2, 0) is 17.8 Å². The van der Waals surface area contributed by atoms with Crippen LogP contribution in [0.15, 0.2) is 18.2 Å². The number of fused-ring (bicyclic) bond motifs is 2. The second kappa shape index (κ2) is 10.6. The third kappa shape index (κ3) is 5.27. The van der Waals surface area contributed by atoms with Crippen LogP contribution in [0.3, 0.4) is 0 Å². The second-order valence-electron chi connectivity index (χ2n) is 10.3. The number of aromatic amines is 1. The molecule has 0 radical (unpaired) electrons. The highest BCUT2D eigenvalue weighted by Crippen LogP contribution is 2.31. The lowest BCUT2D eigenvalue weighted by Crippen LogP contribution is -2.56. The molecular weight excluding hydrogens is 531 g/mol. The van der Waals surface area contributed by atoms with Crippen molar-refractivity contribution in [2.24, 2.45) is 5.92 Å². The highest BCUT2D eigenvalue weighted by atomic mass is 35.5. The molecule has 38 heavy (non-hydrogen) atoms. The molecule has 12 heteroatoms. The normalized spacial score (nSPS) is 21.7. The first-order valence-electron chi connectivity index (χ1n) is 12.6. The van der Waals surface area contributed by atoms with Crippen molar-refractivity contribution in [3.8, 4) is 0 Å². The number of nitrogens with zero attached hydrogens (tertiary/aromatic N) is 3. The Bertz CT molecular complexity index is 1410. The SMILES string of the molecule is CN1CCc2nc(C(=O)N[C@@H]3C[C@@H](C(=O)N(C)C)CC[C@@H]3NC(=O)c3[nH]c4ccc(F)cc4c3Cl)sc2C1. The monoisotopic (exact) mass is 560 g/mol. The minimum Gasteiger partial charge on any atom is -0.349 e. The predicted octanol–water partition coefficient (Wildman–Crippen LogP) is 3.19. The molecule has 3 atom stereocenters. The first-order chi connectivity index (χ1) is 18.1. The van der Waals surface area contributed by atoms with Gasteiger partial charge in [-0.25, -0.2) is 9.37 Å². The number of hydrogen-bond acceptors (Lipinski definition) is 6. The molecule has 9 nitrogen and oxygen atoms in total. The zero-order valence-corrected chi connectivity index (χ0v) is 23.0. The second-order valence-corrected chi connectivity index (χ2v) is 11.7. The lowest BCUT2D eigenvalue weighted by molar-refractivity contribution is -0.134. The van der Waals surface area contributed by atoms with E-state index in [0.717, 1.165) is 30.1 Å². The van der Waals surface area contributed by atoms with Crippen LogP contribution in [0.2, 0.25) is 5.02 Å². The van der Waals surface area contributed by atoms with Crippen molar-refractivity contribution >= 4 is 51.6 Å². The molecule has 1 fully saturated rings. The minimum atomic E-state index is -0.488. The Morgan fingerprint density at radius 3 is 2.71 bits per heavy atom. The summed E-state index contributed by atoms with van der Waals surface area (Å²) >= 11 is 7.80. The van der Waals surface area contributed by atoms with E-state index in [2.05, 4.69) is 25.5 Å². The van der Waals surface area contributed by atoms with E-state index in [9.17, 15) is 18.8 Å². The van der Waals surface area contributed by atoms with Crippen LogP contribution in [0.1, 0.15) is 50.1 Å². The average Bonchev–Trinajstić information content (AvgIpc) is 3.45. The van der Waals surface area contributed by atoms with Crippen LogP contribution in [0.5, 0.6) is 0 Å². The standard InChI is InChI=1S/C26H30ClFN6O3S/c1-33(2)26(37)13-4-6-17(30-23(35)22-21(27)15-11-14(28)5-7-16(15)29-22)19(10-13)31-24(36)25-32-18-8-9-34(3)12-20(18)38-25/h5,7,11,13,17,19,29H,4,6,8-10,12H2,1-3H3,(H,30,35)(H,31,36)/t13-,17-,19+/m0/s1.